The highest BCUT2D eigenvalue weighted by atomic mass is 79.9. The molecule has 76 valence electrons. The summed E-state index contributed by atoms with van der Waals surface area (Å²) in [7, 11) is 0. The SMILES string of the molecule is CCOC(=O)C1CC1c1csc(Br)n1. The number of hydrogen-bond acceptors (Lipinski definition) is 4. The second kappa shape index (κ2) is 3.98. The maximum Gasteiger partial charge on any atom is 0.309 e. The molecule has 2 unspecified atom stereocenters. The molecule has 2 atom stereocenters. The van der Waals surface area contributed by atoms with Gasteiger partial charge in [-0.3, -0.25) is 4.79 Å². The van der Waals surface area contributed by atoms with Gasteiger partial charge in [0.15, 0.2) is 3.92 Å². The molecule has 3 nitrogen and oxygen atoms in total. The summed E-state index contributed by atoms with van der Waals surface area (Å²) in [6.07, 6.45) is 0.884. The summed E-state index contributed by atoms with van der Waals surface area (Å²) < 4.78 is 5.83. The average molecular weight is 276 g/mol. The molecule has 0 radical (unpaired) electrons. The van der Waals surface area contributed by atoms with Gasteiger partial charge in [-0.1, -0.05) is 0 Å². The first-order chi connectivity index (χ1) is 6.72. The van der Waals surface area contributed by atoms with Gasteiger partial charge in [-0.25, -0.2) is 4.98 Å². The van der Waals surface area contributed by atoms with Crippen molar-refractivity contribution in [2.24, 2.45) is 5.92 Å². The normalized spacial score (nSPS) is 24.7. The molecule has 0 aliphatic heterocycles. The van der Waals surface area contributed by atoms with Crippen LogP contribution in [0.5, 0.6) is 0 Å². The fourth-order valence-corrected chi connectivity index (χ4v) is 2.55. The molecule has 2 rings (SSSR count). The van der Waals surface area contributed by atoms with Crippen LogP contribution in [0.15, 0.2) is 9.30 Å². The van der Waals surface area contributed by atoms with Crippen molar-refractivity contribution in [3.63, 3.8) is 0 Å². The van der Waals surface area contributed by atoms with Crippen LogP contribution in [0.2, 0.25) is 0 Å². The maximum atomic E-state index is 11.3. The van der Waals surface area contributed by atoms with E-state index >= 15 is 0 Å². The van der Waals surface area contributed by atoms with Gasteiger partial charge in [0.1, 0.15) is 0 Å². The quantitative estimate of drug-likeness (QED) is 0.796. The standard InChI is InChI=1S/C9H10BrNO2S/c1-2-13-8(12)6-3-5(6)7-4-14-9(10)11-7/h4-6H,2-3H2,1H3. The lowest BCUT2D eigenvalue weighted by Crippen LogP contribution is -2.07. The van der Waals surface area contributed by atoms with Crippen LogP contribution in [0.3, 0.4) is 0 Å². The van der Waals surface area contributed by atoms with Crippen molar-refractivity contribution in [2.45, 2.75) is 19.3 Å². The average Bonchev–Trinajstić information content (AvgIpc) is 2.84. The Morgan fingerprint density at radius 2 is 2.64 bits per heavy atom. The number of hydrogen-bond donors (Lipinski definition) is 0. The Labute approximate surface area is 94.6 Å². The van der Waals surface area contributed by atoms with Crippen molar-refractivity contribution in [2.75, 3.05) is 6.61 Å². The first-order valence-electron chi connectivity index (χ1n) is 4.50. The zero-order valence-electron chi connectivity index (χ0n) is 7.70. The Morgan fingerprint density at radius 1 is 1.86 bits per heavy atom. The van der Waals surface area contributed by atoms with Crippen LogP contribution in [0.4, 0.5) is 0 Å². The van der Waals surface area contributed by atoms with Crippen molar-refractivity contribution in [1.82, 2.24) is 4.98 Å². The Balaban J connectivity index is 1.96. The van der Waals surface area contributed by atoms with E-state index in [4.69, 9.17) is 4.74 Å². The van der Waals surface area contributed by atoms with Gasteiger partial charge < -0.3 is 4.74 Å². The molecule has 1 saturated carbocycles. The zero-order valence-corrected chi connectivity index (χ0v) is 10.1. The Bertz CT molecular complexity index is 352. The van der Waals surface area contributed by atoms with Gasteiger partial charge in [-0.2, -0.15) is 0 Å². The molecular weight excluding hydrogens is 266 g/mol. The first-order valence-corrected chi connectivity index (χ1v) is 6.17. The molecule has 0 saturated heterocycles. The highest BCUT2D eigenvalue weighted by Gasteiger charge is 2.46. The second-order valence-corrected chi connectivity index (χ2v) is 5.36. The van der Waals surface area contributed by atoms with E-state index in [0.29, 0.717) is 6.61 Å². The van der Waals surface area contributed by atoms with Crippen LogP contribution in [0.25, 0.3) is 0 Å². The van der Waals surface area contributed by atoms with Crippen molar-refractivity contribution in [1.29, 1.82) is 0 Å². The monoisotopic (exact) mass is 275 g/mol. The van der Waals surface area contributed by atoms with E-state index in [2.05, 4.69) is 20.9 Å². The number of carbonyl (C=O) groups excluding carboxylic acids is 1. The maximum absolute atomic E-state index is 11.3. The molecule has 5 heteroatoms. The minimum atomic E-state index is -0.0818. The number of thiazole rings is 1. The molecule has 1 aromatic heterocycles. The predicted octanol–water partition coefficient (Wildman–Crippen LogP) is 2.57. The molecule has 14 heavy (non-hydrogen) atoms. The molecule has 1 fully saturated rings. The lowest BCUT2D eigenvalue weighted by atomic mass is 10.2. The van der Waals surface area contributed by atoms with Gasteiger partial charge in [0.25, 0.3) is 0 Å². The van der Waals surface area contributed by atoms with E-state index in [1.54, 1.807) is 11.3 Å². The van der Waals surface area contributed by atoms with Crippen LogP contribution < -0.4 is 0 Å². The summed E-state index contributed by atoms with van der Waals surface area (Å²) in [5, 5.41) is 1.99. The van der Waals surface area contributed by atoms with Crippen LogP contribution in [0.1, 0.15) is 25.0 Å². The number of halogens is 1. The van der Waals surface area contributed by atoms with E-state index in [1.165, 1.54) is 0 Å². The van der Waals surface area contributed by atoms with E-state index in [1.807, 2.05) is 12.3 Å². The Morgan fingerprint density at radius 3 is 3.21 bits per heavy atom. The lowest BCUT2D eigenvalue weighted by molar-refractivity contribution is -0.144. The summed E-state index contributed by atoms with van der Waals surface area (Å²) in [5.74, 6) is 0.252. The summed E-state index contributed by atoms with van der Waals surface area (Å²) in [6, 6.07) is 0. The zero-order chi connectivity index (χ0) is 10.1. The van der Waals surface area contributed by atoms with Gasteiger partial charge in [0.05, 0.1) is 18.2 Å². The molecule has 0 N–H and O–H groups in total. The third kappa shape index (κ3) is 1.98. The molecule has 0 spiro atoms. The van der Waals surface area contributed by atoms with E-state index < -0.39 is 0 Å². The van der Waals surface area contributed by atoms with Gasteiger partial charge in [-0.15, -0.1) is 11.3 Å². The second-order valence-electron chi connectivity index (χ2n) is 3.23. The molecule has 1 heterocycles. The molecule has 0 bridgehead atoms. The Kier molecular flexibility index (Phi) is 2.88. The largest absolute Gasteiger partial charge is 0.466 e. The Hall–Kier alpha value is -0.420. The van der Waals surface area contributed by atoms with Crippen LogP contribution in [-0.2, 0) is 9.53 Å². The van der Waals surface area contributed by atoms with E-state index in [0.717, 1.165) is 16.0 Å². The summed E-state index contributed by atoms with van der Waals surface area (Å²) >= 11 is 4.86. The summed E-state index contributed by atoms with van der Waals surface area (Å²) in [6.45, 7) is 2.29. The third-order valence-electron chi connectivity index (χ3n) is 2.25. The van der Waals surface area contributed by atoms with Crippen LogP contribution in [0, 0.1) is 5.92 Å². The number of aromatic nitrogens is 1. The van der Waals surface area contributed by atoms with Crippen molar-refractivity contribution >= 4 is 33.2 Å². The lowest BCUT2D eigenvalue weighted by Gasteiger charge is -1.98. The van der Waals surface area contributed by atoms with Gasteiger partial charge in [0.2, 0.25) is 0 Å². The van der Waals surface area contributed by atoms with Gasteiger partial charge in [-0.05, 0) is 29.3 Å². The molecule has 1 aromatic rings. The smallest absolute Gasteiger partial charge is 0.309 e. The van der Waals surface area contributed by atoms with Crippen LogP contribution in [-0.4, -0.2) is 17.6 Å². The fraction of sp³-hybridized carbons (Fsp3) is 0.556. The van der Waals surface area contributed by atoms with Crippen molar-refractivity contribution < 1.29 is 9.53 Å². The third-order valence-corrected chi connectivity index (χ3v) is 3.64. The highest BCUT2D eigenvalue weighted by molar-refractivity contribution is 9.11. The minimum Gasteiger partial charge on any atom is -0.466 e. The molecular formula is C9H10BrNO2S. The number of carbonyl (C=O) groups is 1. The highest BCUT2D eigenvalue weighted by Crippen LogP contribution is 2.48. The predicted molar refractivity (Wildman–Crippen MR) is 57.3 cm³/mol. The molecule has 0 aromatic carbocycles. The number of nitrogens with zero attached hydrogens (tertiary/aromatic N) is 1. The fourth-order valence-electron chi connectivity index (χ4n) is 1.47. The molecule has 0 amide bonds. The van der Waals surface area contributed by atoms with Crippen LogP contribution >= 0.6 is 27.3 Å². The van der Waals surface area contributed by atoms with Crippen molar-refractivity contribution in [3.8, 4) is 0 Å². The number of ether oxygens (including phenoxy) is 1. The number of esters is 1. The van der Waals surface area contributed by atoms with Crippen molar-refractivity contribution in [3.05, 3.63) is 15.0 Å². The van der Waals surface area contributed by atoms with E-state index in [-0.39, 0.29) is 17.8 Å². The van der Waals surface area contributed by atoms with Gasteiger partial charge >= 0.3 is 5.97 Å². The van der Waals surface area contributed by atoms with Gasteiger partial charge in [0, 0.05) is 11.3 Å². The molecule has 1 aliphatic rings. The summed E-state index contributed by atoms with van der Waals surface area (Å²) in [5.41, 5.74) is 1.01. The molecule has 1 aliphatic carbocycles. The summed E-state index contributed by atoms with van der Waals surface area (Å²) in [4.78, 5) is 15.6. The first kappa shape index (κ1) is 10.1. The minimum absolute atomic E-state index is 0.0453. The topological polar surface area (TPSA) is 39.2 Å². The number of rotatable bonds is 3. The van der Waals surface area contributed by atoms with E-state index in [9.17, 15) is 4.79 Å².